The van der Waals surface area contributed by atoms with Crippen LogP contribution in [0.4, 0.5) is 0 Å². The van der Waals surface area contributed by atoms with Crippen LogP contribution in [0, 0.1) is 5.41 Å². The molecule has 4 nitrogen and oxygen atoms in total. The summed E-state index contributed by atoms with van der Waals surface area (Å²) in [6, 6.07) is -0.0927. The number of hydrogen-bond acceptors (Lipinski definition) is 4. The first kappa shape index (κ1) is 15.4. The Morgan fingerprint density at radius 1 is 1.33 bits per heavy atom. The lowest BCUT2D eigenvalue weighted by atomic mass is 9.87. The van der Waals surface area contributed by atoms with Crippen LogP contribution < -0.4 is 5.32 Å². The van der Waals surface area contributed by atoms with Crippen LogP contribution in [0.15, 0.2) is 0 Å². The summed E-state index contributed by atoms with van der Waals surface area (Å²) in [6.45, 7) is 12.8. The third kappa shape index (κ3) is 5.36. The Morgan fingerprint density at radius 3 is 2.67 bits per heavy atom. The molecule has 1 aliphatic heterocycles. The zero-order valence-electron chi connectivity index (χ0n) is 12.3. The highest BCUT2D eigenvalue weighted by molar-refractivity contribution is 5.75. The largest absolute Gasteiger partial charge is 0.465 e. The maximum absolute atomic E-state index is 12.1. The Labute approximate surface area is 111 Å². The second-order valence-corrected chi connectivity index (χ2v) is 6.17. The molecule has 1 N–H and O–H groups in total. The lowest BCUT2D eigenvalue weighted by molar-refractivity contribution is -0.150. The van der Waals surface area contributed by atoms with E-state index in [2.05, 4.69) is 31.0 Å². The molecule has 18 heavy (non-hydrogen) atoms. The second-order valence-electron chi connectivity index (χ2n) is 6.17. The van der Waals surface area contributed by atoms with E-state index in [1.165, 1.54) is 0 Å². The first-order valence-corrected chi connectivity index (χ1v) is 7.05. The standard InChI is InChI=1S/C14H28N2O2/c1-5-18-13(17)12(11-14(2,3)4)16-9-6-7-15-8-10-16/h12,15H,5-11H2,1-4H3. The van der Waals surface area contributed by atoms with Gasteiger partial charge in [-0.25, -0.2) is 0 Å². The number of ether oxygens (including phenoxy) is 1. The number of carbonyl (C=O) groups is 1. The maximum Gasteiger partial charge on any atom is 0.323 e. The van der Waals surface area contributed by atoms with Crippen LogP contribution in [-0.2, 0) is 9.53 Å². The Bertz CT molecular complexity index is 253. The highest BCUT2D eigenvalue weighted by Gasteiger charge is 2.31. The molecule has 1 rings (SSSR count). The van der Waals surface area contributed by atoms with Crippen molar-refractivity contribution in [3.05, 3.63) is 0 Å². The van der Waals surface area contributed by atoms with Crippen LogP contribution in [0.1, 0.15) is 40.5 Å². The molecule has 1 saturated heterocycles. The Kier molecular flexibility index (Phi) is 6.09. The quantitative estimate of drug-likeness (QED) is 0.777. The summed E-state index contributed by atoms with van der Waals surface area (Å²) in [4.78, 5) is 14.4. The van der Waals surface area contributed by atoms with Gasteiger partial charge in [0, 0.05) is 19.6 Å². The molecule has 0 amide bonds. The molecule has 0 aromatic heterocycles. The van der Waals surface area contributed by atoms with Crippen LogP contribution in [0.25, 0.3) is 0 Å². The summed E-state index contributed by atoms with van der Waals surface area (Å²) in [5.74, 6) is -0.0608. The Balaban J connectivity index is 2.71. The molecule has 0 aromatic rings. The van der Waals surface area contributed by atoms with Gasteiger partial charge in [0.2, 0.25) is 0 Å². The average Bonchev–Trinajstić information content (AvgIpc) is 2.53. The van der Waals surface area contributed by atoms with E-state index in [4.69, 9.17) is 4.74 Å². The molecule has 1 heterocycles. The van der Waals surface area contributed by atoms with Gasteiger partial charge in [-0.3, -0.25) is 9.69 Å². The summed E-state index contributed by atoms with van der Waals surface area (Å²) < 4.78 is 5.24. The smallest absolute Gasteiger partial charge is 0.323 e. The van der Waals surface area contributed by atoms with Gasteiger partial charge in [-0.2, -0.15) is 0 Å². The van der Waals surface area contributed by atoms with E-state index >= 15 is 0 Å². The van der Waals surface area contributed by atoms with E-state index in [1.807, 2.05) is 6.92 Å². The number of nitrogens with one attached hydrogen (secondary N) is 1. The van der Waals surface area contributed by atoms with Crippen molar-refractivity contribution in [2.45, 2.75) is 46.6 Å². The lowest BCUT2D eigenvalue weighted by Crippen LogP contribution is -2.45. The van der Waals surface area contributed by atoms with Gasteiger partial charge in [0.15, 0.2) is 0 Å². The van der Waals surface area contributed by atoms with Crippen molar-refractivity contribution < 1.29 is 9.53 Å². The SMILES string of the molecule is CCOC(=O)C(CC(C)(C)C)N1CCCNCC1. The highest BCUT2D eigenvalue weighted by atomic mass is 16.5. The molecular formula is C14H28N2O2. The summed E-state index contributed by atoms with van der Waals surface area (Å²) in [7, 11) is 0. The van der Waals surface area contributed by atoms with E-state index < -0.39 is 0 Å². The first-order valence-electron chi connectivity index (χ1n) is 7.05. The van der Waals surface area contributed by atoms with Crippen molar-refractivity contribution in [3.8, 4) is 0 Å². The molecule has 1 unspecified atom stereocenters. The normalized spacial score (nSPS) is 20.2. The van der Waals surface area contributed by atoms with Gasteiger partial charge >= 0.3 is 5.97 Å². The number of hydrogen-bond donors (Lipinski definition) is 1. The zero-order valence-corrected chi connectivity index (χ0v) is 12.3. The minimum Gasteiger partial charge on any atom is -0.465 e. The third-order valence-corrected chi connectivity index (χ3v) is 3.18. The van der Waals surface area contributed by atoms with Gasteiger partial charge in [-0.15, -0.1) is 0 Å². The molecule has 106 valence electrons. The fourth-order valence-electron chi connectivity index (χ4n) is 2.36. The van der Waals surface area contributed by atoms with Crippen molar-refractivity contribution in [2.24, 2.45) is 5.41 Å². The topological polar surface area (TPSA) is 41.6 Å². The van der Waals surface area contributed by atoms with E-state index in [9.17, 15) is 4.79 Å². The van der Waals surface area contributed by atoms with Crippen LogP contribution in [0.3, 0.4) is 0 Å². The van der Waals surface area contributed by atoms with Gasteiger partial charge in [-0.05, 0) is 31.7 Å². The number of rotatable bonds is 4. The molecule has 0 saturated carbocycles. The number of carbonyl (C=O) groups excluding carboxylic acids is 1. The number of esters is 1. The first-order chi connectivity index (χ1) is 8.44. The molecule has 1 atom stereocenters. The minimum absolute atomic E-state index is 0.0608. The van der Waals surface area contributed by atoms with Gasteiger partial charge in [-0.1, -0.05) is 20.8 Å². The maximum atomic E-state index is 12.1. The van der Waals surface area contributed by atoms with E-state index in [1.54, 1.807) is 0 Å². The average molecular weight is 256 g/mol. The molecule has 0 radical (unpaired) electrons. The Hall–Kier alpha value is -0.610. The van der Waals surface area contributed by atoms with Gasteiger partial charge in [0.25, 0.3) is 0 Å². The van der Waals surface area contributed by atoms with Crippen molar-refractivity contribution in [2.75, 3.05) is 32.8 Å². The fourth-order valence-corrected chi connectivity index (χ4v) is 2.36. The van der Waals surface area contributed by atoms with Crippen LogP contribution >= 0.6 is 0 Å². The molecule has 1 aliphatic rings. The van der Waals surface area contributed by atoms with E-state index in [0.717, 1.165) is 39.0 Å². The summed E-state index contributed by atoms with van der Waals surface area (Å²) in [5, 5.41) is 3.37. The van der Waals surface area contributed by atoms with Crippen LogP contribution in [-0.4, -0.2) is 49.7 Å². The van der Waals surface area contributed by atoms with Crippen molar-refractivity contribution >= 4 is 5.97 Å². The lowest BCUT2D eigenvalue weighted by Gasteiger charge is -2.33. The summed E-state index contributed by atoms with van der Waals surface area (Å²) in [5.41, 5.74) is 0.136. The second kappa shape index (κ2) is 7.10. The monoisotopic (exact) mass is 256 g/mol. The fraction of sp³-hybridized carbons (Fsp3) is 0.929. The van der Waals surface area contributed by atoms with Gasteiger partial charge < -0.3 is 10.1 Å². The molecule has 0 spiro atoms. The molecular weight excluding hydrogens is 228 g/mol. The molecule has 1 fully saturated rings. The van der Waals surface area contributed by atoms with Crippen molar-refractivity contribution in [1.29, 1.82) is 0 Å². The summed E-state index contributed by atoms with van der Waals surface area (Å²) >= 11 is 0. The number of nitrogens with zero attached hydrogens (tertiary/aromatic N) is 1. The molecule has 0 aromatic carbocycles. The predicted octanol–water partition coefficient (Wildman–Crippen LogP) is 1.65. The molecule has 0 bridgehead atoms. The van der Waals surface area contributed by atoms with Crippen LogP contribution in [0.2, 0.25) is 0 Å². The molecule has 0 aliphatic carbocycles. The van der Waals surface area contributed by atoms with E-state index in [-0.39, 0.29) is 17.4 Å². The van der Waals surface area contributed by atoms with Crippen LogP contribution in [0.5, 0.6) is 0 Å². The minimum atomic E-state index is -0.0927. The predicted molar refractivity (Wildman–Crippen MR) is 73.6 cm³/mol. The third-order valence-electron chi connectivity index (χ3n) is 3.18. The zero-order chi connectivity index (χ0) is 13.6. The summed E-state index contributed by atoms with van der Waals surface area (Å²) in [6.07, 6.45) is 1.95. The van der Waals surface area contributed by atoms with Gasteiger partial charge in [0.05, 0.1) is 6.61 Å². The highest BCUT2D eigenvalue weighted by Crippen LogP contribution is 2.24. The van der Waals surface area contributed by atoms with Crippen molar-refractivity contribution in [1.82, 2.24) is 10.2 Å². The van der Waals surface area contributed by atoms with Gasteiger partial charge in [0.1, 0.15) is 6.04 Å². The van der Waals surface area contributed by atoms with Crippen molar-refractivity contribution in [3.63, 3.8) is 0 Å². The molecule has 4 heteroatoms. The Morgan fingerprint density at radius 2 is 2.06 bits per heavy atom. The van der Waals surface area contributed by atoms with E-state index in [0.29, 0.717) is 6.61 Å².